The number of aromatic nitrogens is 2. The van der Waals surface area contributed by atoms with Gasteiger partial charge in [-0.25, -0.2) is 4.98 Å². The molecule has 2 unspecified atom stereocenters. The minimum absolute atomic E-state index is 0.0487. The Morgan fingerprint density at radius 2 is 2.05 bits per heavy atom. The van der Waals surface area contributed by atoms with Crippen LogP contribution in [-0.2, 0) is 11.2 Å². The lowest BCUT2D eigenvalue weighted by atomic mass is 10.2. The average Bonchev–Trinajstić information content (AvgIpc) is 2.83. The Kier molecular flexibility index (Phi) is 3.68. The van der Waals surface area contributed by atoms with Crippen LogP contribution < -0.4 is 0 Å². The first kappa shape index (κ1) is 14.1. The van der Waals surface area contributed by atoms with Gasteiger partial charge in [0.1, 0.15) is 11.3 Å². The second-order valence-electron chi connectivity index (χ2n) is 5.66. The summed E-state index contributed by atoms with van der Waals surface area (Å²) in [4.78, 5) is 19.4. The predicted molar refractivity (Wildman–Crippen MR) is 80.5 cm³/mol. The van der Waals surface area contributed by atoms with Crippen LogP contribution in [0.1, 0.15) is 37.0 Å². The zero-order chi connectivity index (χ0) is 15.0. The summed E-state index contributed by atoms with van der Waals surface area (Å²) < 4.78 is 7.61. The third kappa shape index (κ3) is 2.53. The number of amides is 1. The molecule has 0 aliphatic carbocycles. The molecule has 0 N–H and O–H groups in total. The van der Waals surface area contributed by atoms with Gasteiger partial charge in [0.15, 0.2) is 0 Å². The normalized spacial score (nSPS) is 22.7. The number of carbonyl (C=O) groups excluding carboxylic acids is 1. The van der Waals surface area contributed by atoms with E-state index in [2.05, 4.69) is 4.98 Å². The predicted octanol–water partition coefficient (Wildman–Crippen LogP) is 2.15. The number of hydrogen-bond donors (Lipinski definition) is 0. The molecule has 1 amide bonds. The summed E-state index contributed by atoms with van der Waals surface area (Å²) in [6, 6.07) is 5.80. The van der Waals surface area contributed by atoms with Gasteiger partial charge in [-0.15, -0.1) is 0 Å². The van der Waals surface area contributed by atoms with E-state index in [1.54, 1.807) is 0 Å². The van der Waals surface area contributed by atoms with Crippen LogP contribution in [0.25, 0.3) is 5.65 Å². The van der Waals surface area contributed by atoms with Crippen LogP contribution in [0.15, 0.2) is 24.4 Å². The van der Waals surface area contributed by atoms with E-state index in [4.69, 9.17) is 4.74 Å². The molecule has 2 aromatic rings. The minimum atomic E-state index is 0.0487. The molecule has 21 heavy (non-hydrogen) atoms. The molecule has 1 aliphatic heterocycles. The van der Waals surface area contributed by atoms with Crippen molar-refractivity contribution in [3.63, 3.8) is 0 Å². The second kappa shape index (κ2) is 5.48. The highest BCUT2D eigenvalue weighted by atomic mass is 16.5. The van der Waals surface area contributed by atoms with Crippen molar-refractivity contribution in [3.05, 3.63) is 35.8 Å². The number of nitrogens with zero attached hydrogens (tertiary/aromatic N) is 3. The number of fused-ring (bicyclic) bond motifs is 1. The molecule has 3 heterocycles. The fourth-order valence-corrected chi connectivity index (χ4v) is 3.01. The van der Waals surface area contributed by atoms with Crippen molar-refractivity contribution in [2.45, 2.75) is 39.4 Å². The first-order chi connectivity index (χ1) is 10.1. The molecule has 1 aliphatic rings. The van der Waals surface area contributed by atoms with Crippen molar-refractivity contribution in [2.24, 2.45) is 0 Å². The average molecular weight is 287 g/mol. The van der Waals surface area contributed by atoms with E-state index in [9.17, 15) is 4.79 Å². The monoisotopic (exact) mass is 287 g/mol. The molecule has 0 aromatic carbocycles. The lowest BCUT2D eigenvalue weighted by Crippen LogP contribution is -2.48. The second-order valence-corrected chi connectivity index (χ2v) is 5.66. The number of morpholine rings is 1. The molecule has 112 valence electrons. The molecule has 3 rings (SSSR count). The van der Waals surface area contributed by atoms with Gasteiger partial charge in [-0.1, -0.05) is 13.0 Å². The Bertz CT molecular complexity index is 655. The molecule has 2 aromatic heterocycles. The van der Waals surface area contributed by atoms with Gasteiger partial charge in [0.05, 0.1) is 17.9 Å². The SMILES string of the molecule is CCc1nc2ccccn2c1C(=O)N1CC(C)OC(C)C1. The summed E-state index contributed by atoms with van der Waals surface area (Å²) in [5.41, 5.74) is 2.37. The Morgan fingerprint density at radius 1 is 1.33 bits per heavy atom. The molecule has 5 heteroatoms. The van der Waals surface area contributed by atoms with Crippen LogP contribution in [-0.4, -0.2) is 45.5 Å². The molecule has 1 saturated heterocycles. The molecule has 0 spiro atoms. The summed E-state index contributed by atoms with van der Waals surface area (Å²) >= 11 is 0. The Hall–Kier alpha value is -1.88. The van der Waals surface area contributed by atoms with E-state index < -0.39 is 0 Å². The molecular weight excluding hydrogens is 266 g/mol. The number of imidazole rings is 1. The largest absolute Gasteiger partial charge is 0.372 e. The topological polar surface area (TPSA) is 46.8 Å². The van der Waals surface area contributed by atoms with Crippen LogP contribution in [0, 0.1) is 0 Å². The highest BCUT2D eigenvalue weighted by Crippen LogP contribution is 2.19. The zero-order valence-corrected chi connectivity index (χ0v) is 12.7. The van der Waals surface area contributed by atoms with Gasteiger partial charge in [-0.2, -0.15) is 0 Å². The maximum Gasteiger partial charge on any atom is 0.272 e. The molecule has 0 saturated carbocycles. The van der Waals surface area contributed by atoms with Gasteiger partial charge >= 0.3 is 0 Å². The van der Waals surface area contributed by atoms with E-state index in [1.807, 2.05) is 54.5 Å². The first-order valence-electron chi connectivity index (χ1n) is 7.50. The van der Waals surface area contributed by atoms with Crippen molar-refractivity contribution in [1.29, 1.82) is 0 Å². The standard InChI is InChI=1S/C16H21N3O2/c1-4-13-15(19-8-6-5-7-14(19)17-13)16(20)18-9-11(2)21-12(3)10-18/h5-8,11-12H,4,9-10H2,1-3H3. The first-order valence-corrected chi connectivity index (χ1v) is 7.50. The zero-order valence-electron chi connectivity index (χ0n) is 12.7. The van der Waals surface area contributed by atoms with Crippen LogP contribution in [0.5, 0.6) is 0 Å². The van der Waals surface area contributed by atoms with Crippen molar-refractivity contribution in [3.8, 4) is 0 Å². The van der Waals surface area contributed by atoms with Gasteiger partial charge < -0.3 is 9.64 Å². The van der Waals surface area contributed by atoms with Gasteiger partial charge in [0.2, 0.25) is 0 Å². The molecule has 1 fully saturated rings. The number of carbonyl (C=O) groups is 1. The fourth-order valence-electron chi connectivity index (χ4n) is 3.01. The molecule has 0 bridgehead atoms. The number of aryl methyl sites for hydroxylation is 1. The number of pyridine rings is 1. The van der Waals surface area contributed by atoms with Crippen LogP contribution in [0.3, 0.4) is 0 Å². The number of ether oxygens (including phenoxy) is 1. The summed E-state index contributed by atoms with van der Waals surface area (Å²) in [5, 5.41) is 0. The minimum Gasteiger partial charge on any atom is -0.372 e. The summed E-state index contributed by atoms with van der Waals surface area (Å²) in [6.45, 7) is 7.30. The van der Waals surface area contributed by atoms with Gasteiger partial charge in [-0.3, -0.25) is 9.20 Å². The molecule has 0 radical (unpaired) electrons. The third-order valence-corrected chi connectivity index (χ3v) is 3.85. The Morgan fingerprint density at radius 3 is 2.71 bits per heavy atom. The summed E-state index contributed by atoms with van der Waals surface area (Å²) in [6.07, 6.45) is 2.80. The molecule has 5 nitrogen and oxygen atoms in total. The summed E-state index contributed by atoms with van der Waals surface area (Å²) in [5.74, 6) is 0.0487. The van der Waals surface area contributed by atoms with E-state index >= 15 is 0 Å². The van der Waals surface area contributed by atoms with Crippen molar-refractivity contribution >= 4 is 11.6 Å². The van der Waals surface area contributed by atoms with Crippen LogP contribution in [0.4, 0.5) is 0 Å². The van der Waals surface area contributed by atoms with E-state index in [0.717, 1.165) is 17.8 Å². The fraction of sp³-hybridized carbons (Fsp3) is 0.500. The maximum atomic E-state index is 13.0. The Labute approximate surface area is 124 Å². The molecule has 2 atom stereocenters. The highest BCUT2D eigenvalue weighted by Gasteiger charge is 2.29. The van der Waals surface area contributed by atoms with Gasteiger partial charge in [0, 0.05) is 19.3 Å². The quantitative estimate of drug-likeness (QED) is 0.850. The smallest absolute Gasteiger partial charge is 0.272 e. The third-order valence-electron chi connectivity index (χ3n) is 3.85. The lowest BCUT2D eigenvalue weighted by Gasteiger charge is -2.35. The number of hydrogen-bond acceptors (Lipinski definition) is 3. The van der Waals surface area contributed by atoms with Crippen LogP contribution >= 0.6 is 0 Å². The number of rotatable bonds is 2. The van der Waals surface area contributed by atoms with Crippen LogP contribution in [0.2, 0.25) is 0 Å². The van der Waals surface area contributed by atoms with Crippen molar-refractivity contribution in [1.82, 2.24) is 14.3 Å². The van der Waals surface area contributed by atoms with Gasteiger partial charge in [0.25, 0.3) is 5.91 Å². The van der Waals surface area contributed by atoms with Gasteiger partial charge in [-0.05, 0) is 32.4 Å². The molecular formula is C16H21N3O2. The Balaban J connectivity index is 2.01. The van der Waals surface area contributed by atoms with Crippen molar-refractivity contribution in [2.75, 3.05) is 13.1 Å². The highest BCUT2D eigenvalue weighted by molar-refractivity contribution is 5.95. The van der Waals surface area contributed by atoms with E-state index in [0.29, 0.717) is 18.8 Å². The van der Waals surface area contributed by atoms with Crippen molar-refractivity contribution < 1.29 is 9.53 Å². The lowest BCUT2D eigenvalue weighted by molar-refractivity contribution is -0.0587. The van der Waals surface area contributed by atoms with E-state index in [-0.39, 0.29) is 18.1 Å². The van der Waals surface area contributed by atoms with E-state index in [1.165, 1.54) is 0 Å². The summed E-state index contributed by atoms with van der Waals surface area (Å²) in [7, 11) is 0. The maximum absolute atomic E-state index is 13.0.